The molecule has 40 heavy (non-hydrogen) atoms. The molecule has 8 nitrogen and oxygen atoms in total. The van der Waals surface area contributed by atoms with Gasteiger partial charge in [-0.3, -0.25) is 0 Å². The number of ether oxygens (including phenoxy) is 4. The summed E-state index contributed by atoms with van der Waals surface area (Å²) in [5.74, 6) is 0.315. The van der Waals surface area contributed by atoms with Gasteiger partial charge >= 0.3 is 0 Å². The van der Waals surface area contributed by atoms with Crippen LogP contribution in [-0.2, 0) is 26.1 Å². The topological polar surface area (TPSA) is 107 Å². The van der Waals surface area contributed by atoms with Crippen LogP contribution in [0.25, 0.3) is 0 Å². The maximum Gasteiger partial charge on any atom is 0.224 e. The van der Waals surface area contributed by atoms with Gasteiger partial charge in [0.25, 0.3) is 0 Å². The van der Waals surface area contributed by atoms with Crippen molar-refractivity contribution in [2.75, 3.05) is 26.9 Å². The molecule has 0 aromatic heterocycles. The van der Waals surface area contributed by atoms with Crippen LogP contribution in [0.1, 0.15) is 61.8 Å². The van der Waals surface area contributed by atoms with Gasteiger partial charge in [0.2, 0.25) is 5.79 Å². The van der Waals surface area contributed by atoms with Gasteiger partial charge in [-0.2, -0.15) is 0 Å². The Kier molecular flexibility index (Phi) is 8.13. The molecular formula is C31H44O8Si. The molecule has 2 heterocycles. The molecule has 1 aliphatic carbocycles. The first-order chi connectivity index (χ1) is 18.9. The number of methoxy groups -OCH3 is 1. The van der Waals surface area contributed by atoms with Crippen molar-refractivity contribution in [3.05, 3.63) is 58.7 Å². The summed E-state index contributed by atoms with van der Waals surface area (Å²) in [5, 5.41) is 33.1. The zero-order chi connectivity index (χ0) is 28.9. The number of hydrogen-bond donors (Lipinski definition) is 3. The fourth-order valence-corrected chi connectivity index (χ4v) is 6.36. The lowest BCUT2D eigenvalue weighted by Gasteiger charge is -2.49. The Morgan fingerprint density at radius 3 is 2.30 bits per heavy atom. The Bertz CT molecular complexity index is 1210. The molecule has 2 aromatic carbocycles. The van der Waals surface area contributed by atoms with Gasteiger partial charge in [0, 0.05) is 12.7 Å². The second-order valence-electron chi connectivity index (χ2n) is 12.9. The molecule has 9 heteroatoms. The molecule has 2 aliphatic heterocycles. The summed E-state index contributed by atoms with van der Waals surface area (Å²) in [5.41, 5.74) is 4.02. The Morgan fingerprint density at radius 2 is 1.65 bits per heavy atom. The maximum atomic E-state index is 11.3. The van der Waals surface area contributed by atoms with Crippen LogP contribution in [0.3, 0.4) is 0 Å². The van der Waals surface area contributed by atoms with E-state index in [0.717, 1.165) is 35.5 Å². The summed E-state index contributed by atoms with van der Waals surface area (Å²) in [6.45, 7) is 11.8. The van der Waals surface area contributed by atoms with Crippen molar-refractivity contribution in [2.24, 2.45) is 0 Å². The first-order valence-corrected chi connectivity index (χ1v) is 17.2. The predicted octanol–water partition coefficient (Wildman–Crippen LogP) is 4.23. The molecule has 3 N–H and O–H groups in total. The summed E-state index contributed by atoms with van der Waals surface area (Å²) < 4.78 is 30.1. The lowest BCUT2D eigenvalue weighted by atomic mass is 9.85. The number of aliphatic hydroxyl groups excluding tert-OH is 3. The van der Waals surface area contributed by atoms with Crippen molar-refractivity contribution in [1.29, 1.82) is 0 Å². The molecule has 0 bridgehead atoms. The van der Waals surface area contributed by atoms with Crippen molar-refractivity contribution in [3.8, 4) is 11.5 Å². The molecule has 1 unspecified atom stereocenters. The third kappa shape index (κ3) is 5.57. The van der Waals surface area contributed by atoms with Gasteiger partial charge in [0.15, 0.2) is 19.8 Å². The minimum Gasteiger partial charge on any atom is -0.486 e. The van der Waals surface area contributed by atoms with E-state index in [0.29, 0.717) is 31.1 Å². The van der Waals surface area contributed by atoms with E-state index in [9.17, 15) is 15.3 Å². The molecule has 0 radical (unpaired) electrons. The van der Waals surface area contributed by atoms with Crippen LogP contribution in [-0.4, -0.2) is 75.0 Å². The number of hydrogen-bond acceptors (Lipinski definition) is 8. The average Bonchev–Trinajstić information content (AvgIpc) is 3.76. The van der Waals surface area contributed by atoms with Gasteiger partial charge in [-0.15, -0.1) is 0 Å². The predicted molar refractivity (Wildman–Crippen MR) is 153 cm³/mol. The van der Waals surface area contributed by atoms with E-state index in [-0.39, 0.29) is 11.6 Å². The lowest BCUT2D eigenvalue weighted by molar-refractivity contribution is -0.365. The Hall–Kier alpha value is -1.98. The molecule has 1 saturated heterocycles. The summed E-state index contributed by atoms with van der Waals surface area (Å²) in [6, 6.07) is 12.0. The SMILES string of the molecule is COC1(c2ccc(C3CC3)c(Cc3ccc4c(c3)OCCO4)c2)O[C@H](CO[Si](C)(C)C(C)(C)C)[C@@H](O)[C@H](O)[C@H]1O. The van der Waals surface area contributed by atoms with Crippen LogP contribution in [0.4, 0.5) is 0 Å². The van der Waals surface area contributed by atoms with Crippen LogP contribution in [0.2, 0.25) is 18.1 Å². The van der Waals surface area contributed by atoms with Gasteiger partial charge in [-0.25, -0.2) is 0 Å². The molecule has 0 spiro atoms. The van der Waals surface area contributed by atoms with Gasteiger partial charge in [0.05, 0.1) is 6.61 Å². The second kappa shape index (κ2) is 11.0. The van der Waals surface area contributed by atoms with Gasteiger partial charge in [-0.1, -0.05) is 39.0 Å². The zero-order valence-corrected chi connectivity index (χ0v) is 25.5. The second-order valence-corrected chi connectivity index (χ2v) is 17.7. The van der Waals surface area contributed by atoms with E-state index < -0.39 is 38.5 Å². The molecular weight excluding hydrogens is 528 g/mol. The highest BCUT2D eigenvalue weighted by atomic mass is 28.4. The summed E-state index contributed by atoms with van der Waals surface area (Å²) in [6.07, 6.45) is -2.28. The average molecular weight is 573 g/mol. The normalized spacial score (nSPS) is 28.9. The minimum absolute atomic E-state index is 0.0372. The van der Waals surface area contributed by atoms with E-state index in [4.69, 9.17) is 23.4 Å². The number of aliphatic hydroxyl groups is 3. The maximum absolute atomic E-state index is 11.3. The third-order valence-electron chi connectivity index (χ3n) is 9.05. The van der Waals surface area contributed by atoms with Gasteiger partial charge in [-0.05, 0) is 78.2 Å². The molecule has 3 aliphatic rings. The van der Waals surface area contributed by atoms with Crippen LogP contribution >= 0.6 is 0 Å². The lowest BCUT2D eigenvalue weighted by Crippen LogP contribution is -2.64. The van der Waals surface area contributed by atoms with Crippen LogP contribution < -0.4 is 9.47 Å². The monoisotopic (exact) mass is 572 g/mol. The van der Waals surface area contributed by atoms with Crippen molar-refractivity contribution in [3.63, 3.8) is 0 Å². The fourth-order valence-electron chi connectivity index (χ4n) is 5.35. The smallest absolute Gasteiger partial charge is 0.224 e. The van der Waals surface area contributed by atoms with Gasteiger partial charge in [0.1, 0.15) is 37.6 Å². The van der Waals surface area contributed by atoms with E-state index >= 15 is 0 Å². The summed E-state index contributed by atoms with van der Waals surface area (Å²) in [7, 11) is -0.711. The van der Waals surface area contributed by atoms with Crippen LogP contribution in [0.15, 0.2) is 36.4 Å². The van der Waals surface area contributed by atoms with Crippen molar-refractivity contribution in [1.82, 2.24) is 0 Å². The minimum atomic E-state index is -2.16. The Morgan fingerprint density at radius 1 is 0.950 bits per heavy atom. The summed E-state index contributed by atoms with van der Waals surface area (Å²) >= 11 is 0. The highest BCUT2D eigenvalue weighted by Gasteiger charge is 2.56. The van der Waals surface area contributed by atoms with Crippen molar-refractivity contribution in [2.45, 2.75) is 94.3 Å². The zero-order valence-electron chi connectivity index (χ0n) is 24.5. The van der Waals surface area contributed by atoms with E-state index in [1.54, 1.807) is 0 Å². The molecule has 2 aromatic rings. The largest absolute Gasteiger partial charge is 0.486 e. The van der Waals surface area contributed by atoms with Gasteiger partial charge < -0.3 is 38.7 Å². The number of fused-ring (bicyclic) bond motifs is 1. The number of benzene rings is 2. The molecule has 0 amide bonds. The molecule has 2 fully saturated rings. The first kappa shape index (κ1) is 29.5. The van der Waals surface area contributed by atoms with Crippen LogP contribution in [0.5, 0.6) is 11.5 Å². The standard InChI is InChI=1S/C31H44O8Si/c1-30(2,3)40(5,6)38-18-26-27(32)28(33)29(34)31(35-4,39-26)22-10-11-23(20-8-9-20)21(17-22)15-19-7-12-24-25(16-19)37-14-13-36-24/h7,10-12,16-17,20,26-29,32-34H,8-9,13-15,18H2,1-6H3/t26-,27-,28+,29-,31?/m1/s1. The van der Waals surface area contributed by atoms with Crippen molar-refractivity contribution < 1.29 is 38.7 Å². The highest BCUT2D eigenvalue weighted by molar-refractivity contribution is 6.74. The molecule has 220 valence electrons. The molecule has 5 atom stereocenters. The fraction of sp³-hybridized carbons (Fsp3) is 0.613. The van der Waals surface area contributed by atoms with Crippen molar-refractivity contribution >= 4 is 8.32 Å². The Labute approximate surface area is 238 Å². The number of rotatable bonds is 8. The molecule has 1 saturated carbocycles. The molecule has 5 rings (SSSR count). The van der Waals surface area contributed by atoms with E-state index in [1.807, 2.05) is 30.3 Å². The third-order valence-corrected chi connectivity index (χ3v) is 13.6. The van der Waals surface area contributed by atoms with E-state index in [2.05, 4.69) is 39.9 Å². The van der Waals surface area contributed by atoms with E-state index in [1.165, 1.54) is 12.7 Å². The van der Waals surface area contributed by atoms with Crippen LogP contribution in [0, 0.1) is 0 Å². The Balaban J connectivity index is 1.46. The highest BCUT2D eigenvalue weighted by Crippen LogP contribution is 2.46. The first-order valence-electron chi connectivity index (χ1n) is 14.3. The quantitative estimate of drug-likeness (QED) is 0.404. The summed E-state index contributed by atoms with van der Waals surface area (Å²) in [4.78, 5) is 0.